The Hall–Kier alpha value is -3.92. The molecular weight excluding hydrogens is 542 g/mol. The Balaban J connectivity index is 1.34. The number of halogens is 1. The molecule has 1 unspecified atom stereocenters. The number of hydrogen-bond acceptors (Lipinski definition) is 8. The summed E-state index contributed by atoms with van der Waals surface area (Å²) < 4.78 is 6.42. The van der Waals surface area contributed by atoms with Gasteiger partial charge in [0.05, 0.1) is 11.6 Å². The number of nitrogens with zero attached hydrogens (tertiary/aromatic N) is 3. The van der Waals surface area contributed by atoms with Gasteiger partial charge in [0.2, 0.25) is 10.9 Å². The SMILES string of the molecule is O=C(C1=C(O)C(=O)N(c2nnc(SCc3ccc(Cl)cc3)s2)C1c1ccccc1)c1cc2ccccc2o1. The number of thioether (sulfide) groups is 1. The highest BCUT2D eigenvalue weighted by molar-refractivity contribution is 8.00. The van der Waals surface area contributed by atoms with E-state index in [1.54, 1.807) is 24.3 Å². The van der Waals surface area contributed by atoms with Crippen LogP contribution in [0.1, 0.15) is 27.7 Å². The van der Waals surface area contributed by atoms with Crippen molar-refractivity contribution in [3.63, 3.8) is 0 Å². The Morgan fingerprint density at radius 2 is 1.76 bits per heavy atom. The van der Waals surface area contributed by atoms with Gasteiger partial charge in [0, 0.05) is 16.2 Å². The number of aliphatic hydroxyl groups is 1. The van der Waals surface area contributed by atoms with Crippen molar-refractivity contribution in [1.29, 1.82) is 0 Å². The minimum absolute atomic E-state index is 0.0415. The van der Waals surface area contributed by atoms with Crippen molar-refractivity contribution in [2.75, 3.05) is 4.90 Å². The minimum Gasteiger partial charge on any atom is -0.503 e. The maximum Gasteiger partial charge on any atom is 0.296 e. The number of amides is 1. The third-order valence-corrected chi connectivity index (χ3v) is 8.47. The molecule has 5 aromatic rings. The smallest absolute Gasteiger partial charge is 0.296 e. The average molecular weight is 560 g/mol. The molecule has 1 aliphatic rings. The molecule has 1 amide bonds. The van der Waals surface area contributed by atoms with Crippen LogP contribution in [0.2, 0.25) is 5.02 Å². The zero-order valence-corrected chi connectivity index (χ0v) is 22.0. The van der Waals surface area contributed by atoms with Gasteiger partial charge in [0.1, 0.15) is 5.58 Å². The van der Waals surface area contributed by atoms with E-state index in [4.69, 9.17) is 16.0 Å². The summed E-state index contributed by atoms with van der Waals surface area (Å²) in [5.74, 6) is -1.23. The van der Waals surface area contributed by atoms with Crippen molar-refractivity contribution in [2.24, 2.45) is 0 Å². The van der Waals surface area contributed by atoms with Crippen LogP contribution in [-0.2, 0) is 10.5 Å². The fourth-order valence-corrected chi connectivity index (χ4v) is 6.25. The Labute approximate surface area is 230 Å². The molecule has 38 heavy (non-hydrogen) atoms. The number of carbonyl (C=O) groups is 2. The topological polar surface area (TPSA) is 96.5 Å². The van der Waals surface area contributed by atoms with Gasteiger partial charge in [-0.15, -0.1) is 10.2 Å². The monoisotopic (exact) mass is 559 g/mol. The van der Waals surface area contributed by atoms with Crippen molar-refractivity contribution in [3.05, 3.63) is 118 Å². The number of carbonyl (C=O) groups excluding carboxylic acids is 2. The van der Waals surface area contributed by atoms with E-state index in [9.17, 15) is 14.7 Å². The summed E-state index contributed by atoms with van der Waals surface area (Å²) >= 11 is 8.66. The molecule has 0 aliphatic carbocycles. The lowest BCUT2D eigenvalue weighted by Crippen LogP contribution is -2.31. The zero-order valence-electron chi connectivity index (χ0n) is 19.6. The number of furan rings is 1. The summed E-state index contributed by atoms with van der Waals surface area (Å²) in [5, 5.41) is 21.2. The summed E-state index contributed by atoms with van der Waals surface area (Å²) in [6.07, 6.45) is 0. The predicted octanol–water partition coefficient (Wildman–Crippen LogP) is 7.01. The van der Waals surface area contributed by atoms with Gasteiger partial charge in [-0.2, -0.15) is 0 Å². The number of hydrogen-bond donors (Lipinski definition) is 1. The largest absolute Gasteiger partial charge is 0.503 e. The molecule has 6 rings (SSSR count). The summed E-state index contributed by atoms with van der Waals surface area (Å²) in [4.78, 5) is 28.4. The van der Waals surface area contributed by atoms with Gasteiger partial charge in [-0.3, -0.25) is 14.5 Å². The summed E-state index contributed by atoms with van der Waals surface area (Å²) in [7, 11) is 0. The van der Waals surface area contributed by atoms with E-state index >= 15 is 0 Å². The van der Waals surface area contributed by atoms with Crippen LogP contribution in [0.5, 0.6) is 0 Å². The van der Waals surface area contributed by atoms with Gasteiger partial charge in [-0.05, 0) is 35.4 Å². The molecule has 0 radical (unpaired) electrons. The molecule has 0 bridgehead atoms. The number of Topliss-reactive ketones (excluding diaryl/α,β-unsaturated/α-hetero) is 1. The number of benzene rings is 3. The van der Waals surface area contributed by atoms with Crippen LogP contribution in [0.4, 0.5) is 5.13 Å². The molecule has 7 nitrogen and oxygen atoms in total. The second-order valence-corrected chi connectivity index (χ2v) is 11.1. The predicted molar refractivity (Wildman–Crippen MR) is 148 cm³/mol. The molecule has 0 saturated heterocycles. The standard InChI is InChI=1S/C28H18ClN3O4S2/c29-19-12-10-16(11-13-19)15-37-28-31-30-27(38-28)32-23(17-6-2-1-3-7-17)22(25(34)26(32)35)24(33)21-14-18-8-4-5-9-20(18)36-21/h1-14,23,34H,15H2. The Kier molecular flexibility index (Phi) is 6.49. The van der Waals surface area contributed by atoms with Crippen molar-refractivity contribution < 1.29 is 19.1 Å². The number of para-hydroxylation sites is 1. The van der Waals surface area contributed by atoms with Crippen LogP contribution in [0.25, 0.3) is 11.0 Å². The van der Waals surface area contributed by atoms with E-state index < -0.39 is 23.5 Å². The Morgan fingerprint density at radius 1 is 1.03 bits per heavy atom. The number of rotatable bonds is 7. The van der Waals surface area contributed by atoms with E-state index in [1.807, 2.05) is 60.7 Å². The highest BCUT2D eigenvalue weighted by Crippen LogP contribution is 2.44. The quantitative estimate of drug-likeness (QED) is 0.130. The number of fused-ring (bicyclic) bond motifs is 1. The third kappa shape index (κ3) is 4.49. The van der Waals surface area contributed by atoms with Crippen molar-refractivity contribution in [2.45, 2.75) is 16.1 Å². The fraction of sp³-hybridized carbons (Fsp3) is 0.0714. The summed E-state index contributed by atoms with van der Waals surface area (Å²) in [6, 6.07) is 24.5. The summed E-state index contributed by atoms with van der Waals surface area (Å²) in [6.45, 7) is 0. The molecule has 3 aromatic carbocycles. The van der Waals surface area contributed by atoms with Crippen LogP contribution < -0.4 is 4.90 Å². The average Bonchev–Trinajstić information content (AvgIpc) is 3.65. The lowest BCUT2D eigenvalue weighted by molar-refractivity contribution is -0.117. The van der Waals surface area contributed by atoms with Crippen molar-refractivity contribution in [3.8, 4) is 0 Å². The molecule has 1 atom stereocenters. The van der Waals surface area contributed by atoms with E-state index in [0.717, 1.165) is 10.9 Å². The van der Waals surface area contributed by atoms with Crippen LogP contribution >= 0.6 is 34.7 Å². The lowest BCUT2D eigenvalue weighted by atomic mass is 9.95. The molecular formula is C28H18ClN3O4S2. The van der Waals surface area contributed by atoms with Gasteiger partial charge in [-0.1, -0.05) is 95.4 Å². The van der Waals surface area contributed by atoms with Gasteiger partial charge < -0.3 is 9.52 Å². The van der Waals surface area contributed by atoms with Crippen LogP contribution in [0, 0.1) is 0 Å². The zero-order chi connectivity index (χ0) is 26.2. The van der Waals surface area contributed by atoms with Gasteiger partial charge in [0.25, 0.3) is 5.91 Å². The first kappa shape index (κ1) is 24.4. The van der Waals surface area contributed by atoms with Crippen LogP contribution in [-0.4, -0.2) is 27.0 Å². The Morgan fingerprint density at radius 3 is 2.53 bits per heavy atom. The molecule has 2 aromatic heterocycles. The first-order chi connectivity index (χ1) is 18.5. The number of ketones is 1. The first-order valence-electron chi connectivity index (χ1n) is 11.6. The number of aliphatic hydroxyl groups excluding tert-OH is 1. The Bertz CT molecular complexity index is 1660. The first-order valence-corrected chi connectivity index (χ1v) is 13.7. The van der Waals surface area contributed by atoms with Gasteiger partial charge in [0.15, 0.2) is 15.9 Å². The van der Waals surface area contributed by atoms with E-state index in [2.05, 4.69) is 10.2 Å². The van der Waals surface area contributed by atoms with Crippen LogP contribution in [0.3, 0.4) is 0 Å². The second kappa shape index (κ2) is 10.1. The second-order valence-electron chi connectivity index (χ2n) is 8.49. The van der Waals surface area contributed by atoms with Crippen molar-refractivity contribution >= 4 is 62.5 Å². The maximum atomic E-state index is 13.7. The summed E-state index contributed by atoms with van der Waals surface area (Å²) in [5.41, 5.74) is 2.19. The highest BCUT2D eigenvalue weighted by atomic mass is 35.5. The molecule has 0 fully saturated rings. The molecule has 0 saturated carbocycles. The van der Waals surface area contributed by atoms with Crippen LogP contribution in [0.15, 0.2) is 105 Å². The lowest BCUT2D eigenvalue weighted by Gasteiger charge is -2.23. The molecule has 1 aliphatic heterocycles. The maximum absolute atomic E-state index is 13.7. The highest BCUT2D eigenvalue weighted by Gasteiger charge is 2.46. The molecule has 3 heterocycles. The molecule has 188 valence electrons. The molecule has 10 heteroatoms. The molecule has 1 N–H and O–H groups in total. The fourth-order valence-electron chi connectivity index (χ4n) is 4.30. The van der Waals surface area contributed by atoms with Crippen molar-refractivity contribution in [1.82, 2.24) is 10.2 Å². The van der Waals surface area contributed by atoms with E-state index in [-0.39, 0.29) is 16.5 Å². The van der Waals surface area contributed by atoms with E-state index in [1.165, 1.54) is 28.0 Å². The minimum atomic E-state index is -0.897. The normalized spacial score (nSPS) is 15.6. The molecule has 0 spiro atoms. The number of aromatic nitrogens is 2. The number of anilines is 1. The third-order valence-electron chi connectivity index (χ3n) is 6.09. The van der Waals surface area contributed by atoms with E-state index in [0.29, 0.717) is 26.3 Å². The van der Waals surface area contributed by atoms with Gasteiger partial charge in [-0.25, -0.2) is 0 Å². The van der Waals surface area contributed by atoms with Gasteiger partial charge >= 0.3 is 0 Å².